The molecule has 6 heteroatoms. The molecule has 24 heavy (non-hydrogen) atoms. The Morgan fingerprint density at radius 2 is 1.83 bits per heavy atom. The lowest BCUT2D eigenvalue weighted by molar-refractivity contribution is -0.124. The van der Waals surface area contributed by atoms with Gasteiger partial charge in [-0.1, -0.05) is 29.8 Å². The zero-order valence-corrected chi connectivity index (χ0v) is 14.4. The number of rotatable bonds is 4. The Kier molecular flexibility index (Phi) is 4.31. The second kappa shape index (κ2) is 6.41. The average molecular weight is 323 g/mol. The van der Waals surface area contributed by atoms with Crippen LogP contribution in [0.1, 0.15) is 17.0 Å². The molecule has 0 fully saturated rings. The molecular weight excluding hydrogens is 302 g/mol. The van der Waals surface area contributed by atoms with Gasteiger partial charge >= 0.3 is 0 Å². The molecule has 0 atom stereocenters. The third kappa shape index (κ3) is 3.28. The van der Waals surface area contributed by atoms with E-state index in [0.717, 1.165) is 28.3 Å². The first-order valence-corrected chi connectivity index (χ1v) is 7.83. The lowest BCUT2D eigenvalue weighted by atomic mass is 10.1. The first kappa shape index (κ1) is 16.1. The minimum Gasteiger partial charge on any atom is -0.289 e. The summed E-state index contributed by atoms with van der Waals surface area (Å²) in [5, 5.41) is 6.17. The summed E-state index contributed by atoms with van der Waals surface area (Å²) >= 11 is 0. The van der Waals surface area contributed by atoms with Crippen LogP contribution >= 0.6 is 0 Å². The van der Waals surface area contributed by atoms with Crippen LogP contribution in [-0.4, -0.2) is 39.6 Å². The SMILES string of the molecule is Cc1ccc(-c2nc3ccc(C)nn3c2CC(=O)NN(C)C)cc1. The molecule has 2 aromatic heterocycles. The highest BCUT2D eigenvalue weighted by Crippen LogP contribution is 2.25. The smallest absolute Gasteiger partial charge is 0.240 e. The van der Waals surface area contributed by atoms with E-state index in [1.54, 1.807) is 23.6 Å². The van der Waals surface area contributed by atoms with Gasteiger partial charge in [0.1, 0.15) is 0 Å². The van der Waals surface area contributed by atoms with Crippen molar-refractivity contribution in [3.05, 3.63) is 53.3 Å². The highest BCUT2D eigenvalue weighted by molar-refractivity contribution is 5.81. The molecule has 1 amide bonds. The number of imidazole rings is 1. The summed E-state index contributed by atoms with van der Waals surface area (Å²) in [6, 6.07) is 12.0. The minimum atomic E-state index is -0.0986. The van der Waals surface area contributed by atoms with Crippen LogP contribution in [0.25, 0.3) is 16.9 Å². The Balaban J connectivity index is 2.11. The van der Waals surface area contributed by atoms with E-state index in [-0.39, 0.29) is 12.3 Å². The summed E-state index contributed by atoms with van der Waals surface area (Å²) < 4.78 is 1.76. The van der Waals surface area contributed by atoms with Crippen molar-refractivity contribution >= 4 is 11.6 Å². The summed E-state index contributed by atoms with van der Waals surface area (Å²) in [6.45, 7) is 3.97. The standard InChI is InChI=1S/C18H21N5O/c1-12-5-8-14(9-6-12)18-15(11-17(24)21-22(3)4)23-16(19-18)10-7-13(2)20-23/h5-10H,11H2,1-4H3,(H,21,24). The fraction of sp³-hybridized carbons (Fsp3) is 0.278. The monoisotopic (exact) mass is 323 g/mol. The van der Waals surface area contributed by atoms with Crippen LogP contribution in [0.15, 0.2) is 36.4 Å². The van der Waals surface area contributed by atoms with Gasteiger partial charge in [-0.05, 0) is 26.0 Å². The second-order valence-corrected chi connectivity index (χ2v) is 6.12. The van der Waals surface area contributed by atoms with Crippen molar-refractivity contribution in [2.24, 2.45) is 0 Å². The average Bonchev–Trinajstić information content (AvgIpc) is 2.85. The molecule has 2 heterocycles. The van der Waals surface area contributed by atoms with Gasteiger partial charge in [-0.3, -0.25) is 10.2 Å². The Labute approximate surface area is 141 Å². The molecule has 0 spiro atoms. The maximum atomic E-state index is 12.3. The molecule has 0 radical (unpaired) electrons. The molecule has 0 unspecified atom stereocenters. The first-order valence-electron chi connectivity index (χ1n) is 7.83. The predicted octanol–water partition coefficient (Wildman–Crippen LogP) is 2.15. The van der Waals surface area contributed by atoms with Crippen LogP contribution in [0.2, 0.25) is 0 Å². The minimum absolute atomic E-state index is 0.0986. The number of carbonyl (C=O) groups is 1. The van der Waals surface area contributed by atoms with Crippen LogP contribution in [-0.2, 0) is 11.2 Å². The van der Waals surface area contributed by atoms with Gasteiger partial charge in [0.2, 0.25) is 5.91 Å². The Bertz CT molecular complexity index is 880. The van der Waals surface area contributed by atoms with E-state index in [1.807, 2.05) is 50.2 Å². The summed E-state index contributed by atoms with van der Waals surface area (Å²) in [5.74, 6) is -0.0986. The van der Waals surface area contributed by atoms with Gasteiger partial charge in [-0.2, -0.15) is 5.10 Å². The van der Waals surface area contributed by atoms with Gasteiger partial charge in [0.25, 0.3) is 0 Å². The number of benzene rings is 1. The lowest BCUT2D eigenvalue weighted by Gasteiger charge is -2.12. The van der Waals surface area contributed by atoms with Crippen LogP contribution in [0.5, 0.6) is 0 Å². The van der Waals surface area contributed by atoms with E-state index in [9.17, 15) is 4.79 Å². The third-order valence-electron chi connectivity index (χ3n) is 3.71. The highest BCUT2D eigenvalue weighted by atomic mass is 16.2. The maximum absolute atomic E-state index is 12.3. The number of carbonyl (C=O) groups excluding carboxylic acids is 1. The number of hydrogen-bond acceptors (Lipinski definition) is 4. The van der Waals surface area contributed by atoms with E-state index in [4.69, 9.17) is 4.98 Å². The predicted molar refractivity (Wildman–Crippen MR) is 93.4 cm³/mol. The molecule has 1 aromatic carbocycles. The van der Waals surface area contributed by atoms with Crippen molar-refractivity contribution < 1.29 is 4.79 Å². The fourth-order valence-electron chi connectivity index (χ4n) is 2.61. The Hall–Kier alpha value is -2.73. The highest BCUT2D eigenvalue weighted by Gasteiger charge is 2.18. The van der Waals surface area contributed by atoms with Gasteiger partial charge in [-0.25, -0.2) is 14.5 Å². The number of aromatic nitrogens is 3. The molecule has 0 bridgehead atoms. The number of amides is 1. The molecule has 3 rings (SSSR count). The summed E-state index contributed by atoms with van der Waals surface area (Å²) in [6.07, 6.45) is 0.207. The van der Waals surface area contributed by atoms with Crippen LogP contribution in [0, 0.1) is 13.8 Å². The van der Waals surface area contributed by atoms with Crippen molar-refractivity contribution in [2.75, 3.05) is 14.1 Å². The largest absolute Gasteiger partial charge is 0.289 e. The van der Waals surface area contributed by atoms with Crippen LogP contribution in [0.4, 0.5) is 0 Å². The van der Waals surface area contributed by atoms with Crippen LogP contribution < -0.4 is 5.43 Å². The quantitative estimate of drug-likeness (QED) is 0.747. The summed E-state index contributed by atoms with van der Waals surface area (Å²) in [5.41, 5.74) is 8.14. The number of nitrogens with one attached hydrogen (secondary N) is 1. The molecule has 0 aliphatic heterocycles. The van der Waals surface area contributed by atoms with E-state index >= 15 is 0 Å². The van der Waals surface area contributed by atoms with Crippen molar-refractivity contribution in [1.82, 2.24) is 25.0 Å². The van der Waals surface area contributed by atoms with E-state index in [2.05, 4.69) is 10.5 Å². The number of hydrazine groups is 1. The first-order chi connectivity index (χ1) is 11.4. The summed E-state index contributed by atoms with van der Waals surface area (Å²) in [7, 11) is 3.57. The molecule has 6 nitrogen and oxygen atoms in total. The molecule has 3 aromatic rings. The molecule has 0 saturated carbocycles. The van der Waals surface area contributed by atoms with Gasteiger partial charge in [0.15, 0.2) is 5.65 Å². The topological polar surface area (TPSA) is 62.5 Å². The summed E-state index contributed by atoms with van der Waals surface area (Å²) in [4.78, 5) is 17.0. The number of hydrogen-bond donors (Lipinski definition) is 1. The lowest BCUT2D eigenvalue weighted by Crippen LogP contribution is -2.37. The van der Waals surface area contributed by atoms with Crippen molar-refractivity contribution in [3.63, 3.8) is 0 Å². The molecule has 0 aliphatic rings. The Morgan fingerprint density at radius 1 is 1.12 bits per heavy atom. The zero-order chi connectivity index (χ0) is 17.3. The molecule has 124 valence electrons. The fourth-order valence-corrected chi connectivity index (χ4v) is 2.61. The van der Waals surface area contributed by atoms with Gasteiger partial charge in [0, 0.05) is 19.7 Å². The molecular formula is C18H21N5O. The van der Waals surface area contributed by atoms with Gasteiger partial charge < -0.3 is 0 Å². The number of nitrogens with zero attached hydrogens (tertiary/aromatic N) is 4. The van der Waals surface area contributed by atoms with Crippen LogP contribution in [0.3, 0.4) is 0 Å². The Morgan fingerprint density at radius 3 is 2.50 bits per heavy atom. The second-order valence-electron chi connectivity index (χ2n) is 6.12. The van der Waals surface area contributed by atoms with E-state index in [1.165, 1.54) is 5.56 Å². The normalized spacial score (nSPS) is 11.2. The molecule has 0 aliphatic carbocycles. The van der Waals surface area contributed by atoms with Crippen molar-refractivity contribution in [1.29, 1.82) is 0 Å². The van der Waals surface area contributed by atoms with E-state index < -0.39 is 0 Å². The maximum Gasteiger partial charge on any atom is 0.240 e. The number of aryl methyl sites for hydroxylation is 2. The zero-order valence-electron chi connectivity index (χ0n) is 14.4. The van der Waals surface area contributed by atoms with E-state index in [0.29, 0.717) is 0 Å². The van der Waals surface area contributed by atoms with Gasteiger partial charge in [0.05, 0.1) is 23.5 Å². The van der Waals surface area contributed by atoms with Crippen molar-refractivity contribution in [2.45, 2.75) is 20.3 Å². The van der Waals surface area contributed by atoms with Crippen molar-refractivity contribution in [3.8, 4) is 11.3 Å². The number of fused-ring (bicyclic) bond motifs is 1. The molecule has 0 saturated heterocycles. The third-order valence-corrected chi connectivity index (χ3v) is 3.71. The van der Waals surface area contributed by atoms with Gasteiger partial charge in [-0.15, -0.1) is 0 Å². The molecule has 1 N–H and O–H groups in total.